The van der Waals surface area contributed by atoms with Crippen LogP contribution < -0.4 is 14.9 Å². The average molecular weight is 434 g/mol. The van der Waals surface area contributed by atoms with Gasteiger partial charge in [-0.2, -0.15) is 13.2 Å². The van der Waals surface area contributed by atoms with Gasteiger partial charge in [0.1, 0.15) is 17.1 Å². The number of para-hydroxylation sites is 1. The van der Waals surface area contributed by atoms with Crippen LogP contribution in [0.25, 0.3) is 22.1 Å². The van der Waals surface area contributed by atoms with Crippen LogP contribution in [0.5, 0.6) is 11.5 Å². The fourth-order valence-electron chi connectivity index (χ4n) is 3.35. The minimum absolute atomic E-state index is 0.00529. The van der Waals surface area contributed by atoms with Crippen LogP contribution in [0.2, 0.25) is 0 Å². The van der Waals surface area contributed by atoms with Crippen LogP contribution in [0, 0.1) is 5.92 Å². The fourth-order valence-corrected chi connectivity index (χ4v) is 3.35. The molecular formula is C23H21F3O5. The van der Waals surface area contributed by atoms with E-state index in [0.717, 1.165) is 6.07 Å². The van der Waals surface area contributed by atoms with Crippen LogP contribution in [0.15, 0.2) is 51.7 Å². The quantitative estimate of drug-likeness (QED) is 0.361. The highest BCUT2D eigenvalue weighted by Crippen LogP contribution is 2.40. The third kappa shape index (κ3) is 4.42. The van der Waals surface area contributed by atoms with Crippen molar-refractivity contribution in [2.24, 2.45) is 5.92 Å². The molecule has 1 heterocycles. The zero-order valence-corrected chi connectivity index (χ0v) is 17.2. The van der Waals surface area contributed by atoms with E-state index in [1.807, 2.05) is 13.8 Å². The summed E-state index contributed by atoms with van der Waals surface area (Å²) in [6.45, 7) is 3.67. The molecule has 0 radical (unpaired) electrons. The number of esters is 1. The molecule has 5 nitrogen and oxygen atoms in total. The van der Waals surface area contributed by atoms with Crippen LogP contribution in [0.4, 0.5) is 13.2 Å². The van der Waals surface area contributed by atoms with E-state index in [9.17, 15) is 22.8 Å². The number of carbonyl (C=O) groups is 1. The number of alkyl halides is 3. The maximum Gasteiger partial charge on any atom is 0.450 e. The monoisotopic (exact) mass is 434 g/mol. The first-order chi connectivity index (χ1) is 14.7. The van der Waals surface area contributed by atoms with E-state index in [-0.39, 0.29) is 33.9 Å². The van der Waals surface area contributed by atoms with Gasteiger partial charge >= 0.3 is 12.1 Å². The largest absolute Gasteiger partial charge is 0.496 e. The summed E-state index contributed by atoms with van der Waals surface area (Å²) >= 11 is 0. The van der Waals surface area contributed by atoms with E-state index in [1.54, 1.807) is 6.07 Å². The van der Waals surface area contributed by atoms with Crippen LogP contribution in [-0.4, -0.2) is 13.1 Å². The number of ether oxygens (including phenoxy) is 2. The molecule has 164 valence electrons. The minimum Gasteiger partial charge on any atom is -0.496 e. The molecular weight excluding hydrogens is 413 g/mol. The zero-order chi connectivity index (χ0) is 22.8. The third-order valence-electron chi connectivity index (χ3n) is 5.03. The van der Waals surface area contributed by atoms with Gasteiger partial charge in [0.05, 0.1) is 24.0 Å². The number of hydrogen-bond acceptors (Lipinski definition) is 5. The predicted octanol–water partition coefficient (Wildman–Crippen LogP) is 5.83. The van der Waals surface area contributed by atoms with Gasteiger partial charge in [-0.25, -0.2) is 0 Å². The summed E-state index contributed by atoms with van der Waals surface area (Å²) in [7, 11) is 1.30. The molecule has 3 aromatic rings. The van der Waals surface area contributed by atoms with E-state index < -0.39 is 28.9 Å². The van der Waals surface area contributed by atoms with Crippen molar-refractivity contribution in [3.05, 3.63) is 58.4 Å². The second-order valence-corrected chi connectivity index (χ2v) is 6.93. The van der Waals surface area contributed by atoms with E-state index in [4.69, 9.17) is 13.9 Å². The highest BCUT2D eigenvalue weighted by Gasteiger charge is 2.40. The first-order valence-corrected chi connectivity index (χ1v) is 9.74. The van der Waals surface area contributed by atoms with Crippen molar-refractivity contribution in [1.29, 1.82) is 0 Å². The van der Waals surface area contributed by atoms with E-state index >= 15 is 0 Å². The molecule has 0 aliphatic rings. The molecule has 0 unspecified atom stereocenters. The Morgan fingerprint density at radius 1 is 1.10 bits per heavy atom. The predicted molar refractivity (Wildman–Crippen MR) is 109 cm³/mol. The standard InChI is InChI=1S/C23H21F3O5/c1-4-13(5-2)22(28)30-14-10-11-16-18(12-14)31-21(23(24,25)26)19(20(16)27)15-8-6-7-9-17(15)29-3/h6-13H,4-5H2,1-3H3. The summed E-state index contributed by atoms with van der Waals surface area (Å²) in [4.78, 5) is 25.3. The van der Waals surface area contributed by atoms with Gasteiger partial charge in [-0.05, 0) is 31.0 Å². The Hall–Kier alpha value is -3.29. The molecule has 0 saturated heterocycles. The average Bonchev–Trinajstić information content (AvgIpc) is 2.73. The summed E-state index contributed by atoms with van der Waals surface area (Å²) in [6, 6.07) is 9.67. The number of rotatable bonds is 6. The molecule has 0 aliphatic carbocycles. The molecule has 0 spiro atoms. The molecule has 0 amide bonds. The molecule has 0 saturated carbocycles. The van der Waals surface area contributed by atoms with Crippen LogP contribution in [0.3, 0.4) is 0 Å². The lowest BCUT2D eigenvalue weighted by Crippen LogP contribution is -2.19. The van der Waals surface area contributed by atoms with Gasteiger partial charge in [0, 0.05) is 11.6 Å². The van der Waals surface area contributed by atoms with Gasteiger partial charge in [-0.1, -0.05) is 32.0 Å². The number of methoxy groups -OCH3 is 1. The normalized spacial score (nSPS) is 11.7. The van der Waals surface area contributed by atoms with Crippen LogP contribution in [-0.2, 0) is 11.0 Å². The summed E-state index contributed by atoms with van der Waals surface area (Å²) < 4.78 is 57.1. The summed E-state index contributed by atoms with van der Waals surface area (Å²) in [6.07, 6.45) is -3.80. The Morgan fingerprint density at radius 2 is 1.77 bits per heavy atom. The molecule has 3 rings (SSSR count). The second kappa shape index (κ2) is 8.83. The number of halogens is 3. The molecule has 0 N–H and O–H groups in total. The highest BCUT2D eigenvalue weighted by molar-refractivity contribution is 5.86. The van der Waals surface area contributed by atoms with E-state index in [2.05, 4.69) is 0 Å². The van der Waals surface area contributed by atoms with Crippen LogP contribution in [0.1, 0.15) is 32.4 Å². The van der Waals surface area contributed by atoms with Crippen molar-refractivity contribution >= 4 is 16.9 Å². The smallest absolute Gasteiger partial charge is 0.450 e. The summed E-state index contributed by atoms with van der Waals surface area (Å²) in [5.74, 6) is -2.16. The highest BCUT2D eigenvalue weighted by atomic mass is 19.4. The SMILES string of the molecule is CCC(CC)C(=O)Oc1ccc2c(=O)c(-c3ccccc3OC)c(C(F)(F)F)oc2c1. The maximum absolute atomic E-state index is 13.8. The Labute approximate surface area is 176 Å². The van der Waals surface area contributed by atoms with Crippen molar-refractivity contribution in [3.8, 4) is 22.6 Å². The molecule has 0 aliphatic heterocycles. The molecule has 0 bridgehead atoms. The molecule has 1 aromatic heterocycles. The van der Waals surface area contributed by atoms with Gasteiger partial charge < -0.3 is 13.9 Å². The number of hydrogen-bond donors (Lipinski definition) is 0. The molecule has 0 atom stereocenters. The lowest BCUT2D eigenvalue weighted by atomic mass is 10.0. The molecule has 2 aromatic carbocycles. The van der Waals surface area contributed by atoms with Crippen molar-refractivity contribution in [3.63, 3.8) is 0 Å². The van der Waals surface area contributed by atoms with Crippen molar-refractivity contribution < 1.29 is 31.9 Å². The topological polar surface area (TPSA) is 65.7 Å². The first kappa shape index (κ1) is 22.4. The van der Waals surface area contributed by atoms with Gasteiger partial charge in [-0.3, -0.25) is 9.59 Å². The number of carbonyl (C=O) groups excluding carboxylic acids is 1. The van der Waals surface area contributed by atoms with Gasteiger partial charge in [0.2, 0.25) is 11.2 Å². The Kier molecular flexibility index (Phi) is 6.38. The lowest BCUT2D eigenvalue weighted by Gasteiger charge is -2.15. The number of fused-ring (bicyclic) bond motifs is 1. The lowest BCUT2D eigenvalue weighted by molar-refractivity contribution is -0.152. The van der Waals surface area contributed by atoms with E-state index in [0.29, 0.717) is 12.8 Å². The Balaban J connectivity index is 2.21. The van der Waals surface area contributed by atoms with Crippen molar-refractivity contribution in [1.82, 2.24) is 0 Å². The summed E-state index contributed by atoms with van der Waals surface area (Å²) in [5, 5.41) is -0.0729. The van der Waals surface area contributed by atoms with E-state index in [1.165, 1.54) is 37.4 Å². The zero-order valence-electron chi connectivity index (χ0n) is 17.2. The third-order valence-corrected chi connectivity index (χ3v) is 5.03. The summed E-state index contributed by atoms with van der Waals surface area (Å²) in [5.41, 5.74) is -1.86. The Bertz CT molecular complexity index is 1160. The van der Waals surface area contributed by atoms with Gasteiger partial charge in [-0.15, -0.1) is 0 Å². The molecule has 0 fully saturated rings. The number of benzene rings is 2. The maximum atomic E-state index is 13.8. The Morgan fingerprint density at radius 3 is 2.39 bits per heavy atom. The first-order valence-electron chi connectivity index (χ1n) is 9.74. The fraction of sp³-hybridized carbons (Fsp3) is 0.304. The molecule has 8 heteroatoms. The molecule has 31 heavy (non-hydrogen) atoms. The second-order valence-electron chi connectivity index (χ2n) is 6.93. The van der Waals surface area contributed by atoms with Crippen molar-refractivity contribution in [2.75, 3.05) is 7.11 Å². The minimum atomic E-state index is -4.94. The van der Waals surface area contributed by atoms with Gasteiger partial charge in [0.25, 0.3) is 0 Å². The van der Waals surface area contributed by atoms with Gasteiger partial charge in [0.15, 0.2) is 0 Å². The van der Waals surface area contributed by atoms with Crippen molar-refractivity contribution in [2.45, 2.75) is 32.9 Å². The van der Waals surface area contributed by atoms with Crippen LogP contribution >= 0.6 is 0 Å².